The molecule has 0 aliphatic carbocycles. The van der Waals surface area contributed by atoms with Gasteiger partial charge in [0.25, 0.3) is 5.91 Å². The molecule has 1 amide bonds. The van der Waals surface area contributed by atoms with Gasteiger partial charge in [-0.25, -0.2) is 4.39 Å². The van der Waals surface area contributed by atoms with Crippen molar-refractivity contribution < 1.29 is 23.4 Å². The Morgan fingerprint density at radius 3 is 2.76 bits per heavy atom. The van der Waals surface area contributed by atoms with Gasteiger partial charge < -0.3 is 19.6 Å². The molecule has 21 heavy (non-hydrogen) atoms. The molecule has 0 aliphatic rings. The Kier molecular flexibility index (Phi) is 5.34. The maximum Gasteiger partial charge on any atom is 0.257 e. The number of aliphatic hydroxyl groups is 1. The van der Waals surface area contributed by atoms with Crippen LogP contribution in [0.25, 0.3) is 0 Å². The fourth-order valence-corrected chi connectivity index (χ4v) is 1.71. The van der Waals surface area contributed by atoms with Crippen molar-refractivity contribution in [3.05, 3.63) is 54.2 Å². The van der Waals surface area contributed by atoms with Gasteiger partial charge in [-0.1, -0.05) is 0 Å². The molecule has 0 fully saturated rings. The molecule has 2 N–H and O–H groups in total. The lowest BCUT2D eigenvalue weighted by Gasteiger charge is -2.10. The summed E-state index contributed by atoms with van der Waals surface area (Å²) in [4.78, 5) is 11.5. The number of carbonyl (C=O) groups is 1. The summed E-state index contributed by atoms with van der Waals surface area (Å²) in [5.74, 6) is -0.247. The van der Waals surface area contributed by atoms with Gasteiger partial charge in [0.2, 0.25) is 0 Å². The third-order valence-electron chi connectivity index (χ3n) is 2.85. The Hall–Kier alpha value is -2.34. The van der Waals surface area contributed by atoms with Crippen LogP contribution in [-0.2, 0) is 4.79 Å². The summed E-state index contributed by atoms with van der Waals surface area (Å²) in [5.41, 5.74) is 0.673. The van der Waals surface area contributed by atoms with Crippen LogP contribution in [0.2, 0.25) is 0 Å². The van der Waals surface area contributed by atoms with Gasteiger partial charge in [-0.2, -0.15) is 0 Å². The molecule has 1 heterocycles. The minimum Gasteiger partial charge on any atom is -0.484 e. The van der Waals surface area contributed by atoms with Gasteiger partial charge in [0.15, 0.2) is 6.61 Å². The fourth-order valence-electron chi connectivity index (χ4n) is 1.71. The van der Waals surface area contributed by atoms with Crippen LogP contribution in [0, 0.1) is 5.82 Å². The van der Waals surface area contributed by atoms with E-state index in [0.717, 1.165) is 0 Å². The Morgan fingerprint density at radius 2 is 2.10 bits per heavy atom. The van der Waals surface area contributed by atoms with Crippen molar-refractivity contribution in [1.82, 2.24) is 5.32 Å². The van der Waals surface area contributed by atoms with E-state index in [1.54, 1.807) is 6.07 Å². The molecule has 112 valence electrons. The molecule has 2 rings (SSSR count). The molecule has 1 unspecified atom stereocenters. The number of halogens is 1. The average Bonchev–Trinajstić information content (AvgIpc) is 3.01. The first-order chi connectivity index (χ1) is 10.1. The van der Waals surface area contributed by atoms with Gasteiger partial charge in [0.1, 0.15) is 11.6 Å². The van der Waals surface area contributed by atoms with Crippen molar-refractivity contribution in [1.29, 1.82) is 0 Å². The fraction of sp³-hybridized carbons (Fsp3) is 0.267. The van der Waals surface area contributed by atoms with Crippen molar-refractivity contribution in [2.75, 3.05) is 13.2 Å². The first-order valence-electron chi connectivity index (χ1n) is 6.50. The SMILES string of the molecule is O=C(COc1ccc(F)cc1)NCCC(O)c1ccoc1. The quantitative estimate of drug-likeness (QED) is 0.819. The van der Waals surface area contributed by atoms with Gasteiger partial charge in [0, 0.05) is 12.1 Å². The number of nitrogens with one attached hydrogen (secondary N) is 1. The van der Waals surface area contributed by atoms with Gasteiger partial charge in [0.05, 0.1) is 18.6 Å². The van der Waals surface area contributed by atoms with E-state index in [0.29, 0.717) is 24.3 Å². The minimum atomic E-state index is -0.679. The molecule has 1 aromatic carbocycles. The van der Waals surface area contributed by atoms with Crippen molar-refractivity contribution >= 4 is 5.91 Å². The van der Waals surface area contributed by atoms with Crippen LogP contribution in [0.15, 0.2) is 47.3 Å². The lowest BCUT2D eigenvalue weighted by Crippen LogP contribution is -2.30. The normalized spacial score (nSPS) is 11.9. The molecule has 1 aromatic heterocycles. The van der Waals surface area contributed by atoms with Crippen LogP contribution in [0.1, 0.15) is 18.1 Å². The number of aliphatic hydroxyl groups excluding tert-OH is 1. The van der Waals surface area contributed by atoms with Crippen molar-refractivity contribution in [3.8, 4) is 5.75 Å². The van der Waals surface area contributed by atoms with E-state index < -0.39 is 6.10 Å². The van der Waals surface area contributed by atoms with E-state index in [1.807, 2.05) is 0 Å². The third kappa shape index (κ3) is 4.92. The number of amides is 1. The number of benzene rings is 1. The highest BCUT2D eigenvalue weighted by Crippen LogP contribution is 2.15. The van der Waals surface area contributed by atoms with Crippen molar-refractivity contribution in [3.63, 3.8) is 0 Å². The van der Waals surface area contributed by atoms with Crippen LogP contribution in [0.3, 0.4) is 0 Å². The summed E-state index contributed by atoms with van der Waals surface area (Å²) < 4.78 is 22.7. The molecule has 5 nitrogen and oxygen atoms in total. The molecule has 0 spiro atoms. The second kappa shape index (κ2) is 7.44. The van der Waals surface area contributed by atoms with Crippen molar-refractivity contribution in [2.24, 2.45) is 0 Å². The molecule has 1 atom stereocenters. The van der Waals surface area contributed by atoms with E-state index in [-0.39, 0.29) is 18.3 Å². The van der Waals surface area contributed by atoms with E-state index in [2.05, 4.69) is 5.32 Å². The molecular weight excluding hydrogens is 277 g/mol. The summed E-state index contributed by atoms with van der Waals surface area (Å²) in [6, 6.07) is 7.09. The zero-order valence-corrected chi connectivity index (χ0v) is 11.3. The minimum absolute atomic E-state index is 0.159. The highest BCUT2D eigenvalue weighted by atomic mass is 19.1. The predicted octanol–water partition coefficient (Wildman–Crippen LogP) is 2.04. The molecule has 0 saturated carbocycles. The molecule has 0 radical (unpaired) electrons. The number of hydrogen-bond acceptors (Lipinski definition) is 4. The molecular formula is C15H16FNO4. The van der Waals surface area contributed by atoms with Gasteiger partial charge in [-0.05, 0) is 36.8 Å². The zero-order valence-electron chi connectivity index (χ0n) is 11.3. The first kappa shape index (κ1) is 15.1. The van der Waals surface area contributed by atoms with E-state index in [4.69, 9.17) is 9.15 Å². The zero-order chi connectivity index (χ0) is 15.1. The Labute approximate surface area is 121 Å². The van der Waals surface area contributed by atoms with Crippen molar-refractivity contribution in [2.45, 2.75) is 12.5 Å². The number of furan rings is 1. The molecule has 0 bridgehead atoms. The lowest BCUT2D eigenvalue weighted by atomic mass is 10.1. The standard InChI is InChI=1S/C15H16FNO4/c16-12-1-3-13(4-2-12)21-10-15(19)17-7-5-14(18)11-6-8-20-9-11/h1-4,6,8-9,14,18H,5,7,10H2,(H,17,19). The monoisotopic (exact) mass is 293 g/mol. The Bertz CT molecular complexity index is 554. The number of rotatable bonds is 7. The average molecular weight is 293 g/mol. The Morgan fingerprint density at radius 1 is 1.33 bits per heavy atom. The molecule has 0 aliphatic heterocycles. The molecule has 6 heteroatoms. The Balaban J connectivity index is 1.64. The topological polar surface area (TPSA) is 71.7 Å². The smallest absolute Gasteiger partial charge is 0.257 e. The summed E-state index contributed by atoms with van der Waals surface area (Å²) in [6.45, 7) is 0.158. The van der Waals surface area contributed by atoms with Crippen LogP contribution in [-0.4, -0.2) is 24.2 Å². The summed E-state index contributed by atoms with van der Waals surface area (Å²) in [6.07, 6.45) is 2.64. The number of carbonyl (C=O) groups excluding carboxylic acids is 1. The van der Waals surface area contributed by atoms with Gasteiger partial charge in [-0.15, -0.1) is 0 Å². The first-order valence-corrected chi connectivity index (χ1v) is 6.50. The van der Waals surface area contributed by atoms with E-state index in [1.165, 1.54) is 36.8 Å². The second-order valence-electron chi connectivity index (χ2n) is 4.45. The van der Waals surface area contributed by atoms with Gasteiger partial charge >= 0.3 is 0 Å². The van der Waals surface area contributed by atoms with Crippen LogP contribution in [0.4, 0.5) is 4.39 Å². The highest BCUT2D eigenvalue weighted by molar-refractivity contribution is 5.77. The third-order valence-corrected chi connectivity index (χ3v) is 2.85. The van der Waals surface area contributed by atoms with Crippen LogP contribution < -0.4 is 10.1 Å². The maximum atomic E-state index is 12.7. The molecule has 0 saturated heterocycles. The highest BCUT2D eigenvalue weighted by Gasteiger charge is 2.09. The predicted molar refractivity (Wildman–Crippen MR) is 73.2 cm³/mol. The summed E-state index contributed by atoms with van der Waals surface area (Å²) >= 11 is 0. The summed E-state index contributed by atoms with van der Waals surface area (Å²) in [7, 11) is 0. The second-order valence-corrected chi connectivity index (χ2v) is 4.45. The van der Waals surface area contributed by atoms with E-state index in [9.17, 15) is 14.3 Å². The maximum absolute atomic E-state index is 12.7. The number of hydrogen-bond donors (Lipinski definition) is 2. The van der Waals surface area contributed by atoms with Gasteiger partial charge in [-0.3, -0.25) is 4.79 Å². The van der Waals surface area contributed by atoms with Crippen LogP contribution in [0.5, 0.6) is 5.75 Å². The summed E-state index contributed by atoms with van der Waals surface area (Å²) in [5, 5.41) is 12.4. The van der Waals surface area contributed by atoms with E-state index >= 15 is 0 Å². The largest absolute Gasteiger partial charge is 0.484 e. The number of ether oxygens (including phenoxy) is 1. The van der Waals surface area contributed by atoms with Crippen LogP contribution >= 0.6 is 0 Å². The molecule has 2 aromatic rings. The lowest BCUT2D eigenvalue weighted by molar-refractivity contribution is -0.123.